The van der Waals surface area contributed by atoms with E-state index in [1.54, 1.807) is 22.3 Å². The molecule has 0 aromatic heterocycles. The van der Waals surface area contributed by atoms with Crippen molar-refractivity contribution in [3.8, 4) is 11.1 Å². The van der Waals surface area contributed by atoms with E-state index in [2.05, 4.69) is 50.2 Å². The summed E-state index contributed by atoms with van der Waals surface area (Å²) in [6.45, 7) is 4.93. The van der Waals surface area contributed by atoms with Gasteiger partial charge in [0, 0.05) is 0 Å². The summed E-state index contributed by atoms with van der Waals surface area (Å²) >= 11 is 0. The number of benzene rings is 2. The minimum absolute atomic E-state index is 0. The molecule has 0 atom stereocenters. The van der Waals surface area contributed by atoms with Crippen molar-refractivity contribution < 1.29 is 67.4 Å². The molecule has 5 heteroatoms. The van der Waals surface area contributed by atoms with Gasteiger partial charge in [0.1, 0.15) is 0 Å². The molecule has 0 bridgehead atoms. The summed E-state index contributed by atoms with van der Waals surface area (Å²) < 4.78 is 0. The smallest absolute Gasteiger partial charge is 1.00 e. The average molecular weight is 930 g/mol. The van der Waals surface area contributed by atoms with Crippen molar-refractivity contribution in [3.63, 3.8) is 0 Å². The molecule has 43 heavy (non-hydrogen) atoms. The Bertz CT molecular complexity index is 976. The first-order valence-corrected chi connectivity index (χ1v) is 20.4. The third kappa shape index (κ3) is 9.30. The summed E-state index contributed by atoms with van der Waals surface area (Å²) in [6.07, 6.45) is 29.6. The molecule has 240 valence electrons. The van der Waals surface area contributed by atoms with Crippen LogP contribution in [0.25, 0.3) is 11.1 Å². The summed E-state index contributed by atoms with van der Waals surface area (Å²) in [4.78, 5) is 0. The second-order valence-corrected chi connectivity index (χ2v) is 19.4. The molecule has 0 aliphatic heterocycles. The largest absolute Gasteiger partial charge is 2.00 e. The van der Waals surface area contributed by atoms with Gasteiger partial charge in [0.2, 0.25) is 0 Å². The van der Waals surface area contributed by atoms with E-state index < -0.39 is 0 Å². The molecule has 0 heterocycles. The maximum Gasteiger partial charge on any atom is 2.00 e. The van der Waals surface area contributed by atoms with Gasteiger partial charge in [0.05, 0.1) is 0 Å². The van der Waals surface area contributed by atoms with Crippen LogP contribution in [0.2, 0.25) is 0 Å². The Morgan fingerprint density at radius 3 is 0.930 bits per heavy atom. The molecule has 4 fully saturated rings. The second kappa shape index (κ2) is 19.4. The summed E-state index contributed by atoms with van der Waals surface area (Å²) in [5, 5.41) is 3.65. The molecule has 0 amide bonds. The number of rotatable bonds is 7. The number of aryl methyl sites for hydroxylation is 2. The van der Waals surface area contributed by atoms with Gasteiger partial charge in [-0.05, 0) is 121 Å². The molecule has 0 N–H and O–H groups in total. The summed E-state index contributed by atoms with van der Waals surface area (Å²) in [7, 11) is -0.237. The fourth-order valence-electron chi connectivity index (χ4n) is 9.21. The second-order valence-electron chi connectivity index (χ2n) is 13.9. The van der Waals surface area contributed by atoms with Crippen LogP contribution in [-0.2, 0) is 19.5 Å². The van der Waals surface area contributed by atoms with Gasteiger partial charge in [-0.15, -0.1) is 0 Å². The monoisotopic (exact) mass is 930 g/mol. The molecular formula is C38H56I2P2Ru. The Morgan fingerprint density at radius 2 is 0.674 bits per heavy atom. The van der Waals surface area contributed by atoms with Crippen LogP contribution in [0.4, 0.5) is 0 Å². The zero-order valence-electron chi connectivity index (χ0n) is 26.9. The minimum Gasteiger partial charge on any atom is -1.00 e. The molecule has 2 aromatic carbocycles. The van der Waals surface area contributed by atoms with E-state index in [0.717, 1.165) is 22.6 Å². The van der Waals surface area contributed by atoms with Gasteiger partial charge >= 0.3 is 19.5 Å². The predicted molar refractivity (Wildman–Crippen MR) is 182 cm³/mol. The van der Waals surface area contributed by atoms with E-state index in [4.69, 9.17) is 0 Å². The molecule has 2 aromatic rings. The van der Waals surface area contributed by atoms with Crippen LogP contribution >= 0.6 is 15.8 Å². The van der Waals surface area contributed by atoms with Crippen molar-refractivity contribution in [3.05, 3.63) is 47.5 Å². The van der Waals surface area contributed by atoms with E-state index in [-0.39, 0.29) is 83.3 Å². The molecule has 0 spiro atoms. The Labute approximate surface area is 314 Å². The van der Waals surface area contributed by atoms with Gasteiger partial charge in [-0.3, -0.25) is 0 Å². The van der Waals surface area contributed by atoms with E-state index >= 15 is 0 Å². The van der Waals surface area contributed by atoms with E-state index in [0.29, 0.717) is 0 Å². The minimum atomic E-state index is -0.119. The zero-order chi connectivity index (χ0) is 27.3. The maximum atomic E-state index is 2.65. The number of halogens is 2. The standard InChI is InChI=1S/C38H56P2.2HI.Ru/c1-29-17-15-27-35(39(31-19-7-3-8-20-31)32-21-9-4-10-22-32)37(29)38-30(2)18-16-28-36(38)40(33-23-11-5-12-24-33)34-25-13-6-14-26-34;;;/h15-18,27-28,31-34H,3-14,19-26H2,1-2H3;2*1H;/q;;;+2/p-2. The van der Waals surface area contributed by atoms with E-state index in [9.17, 15) is 0 Å². The van der Waals surface area contributed by atoms with Gasteiger partial charge in [0.15, 0.2) is 0 Å². The Morgan fingerprint density at radius 1 is 0.419 bits per heavy atom. The average Bonchev–Trinajstić information content (AvgIpc) is 3.01. The van der Waals surface area contributed by atoms with Crippen molar-refractivity contribution in [2.45, 2.75) is 165 Å². The van der Waals surface area contributed by atoms with Gasteiger partial charge in [-0.1, -0.05) is 129 Å². The van der Waals surface area contributed by atoms with Crippen LogP contribution < -0.4 is 58.6 Å². The van der Waals surface area contributed by atoms with E-state index in [1.807, 2.05) is 10.6 Å². The first kappa shape index (κ1) is 38.8. The van der Waals surface area contributed by atoms with Crippen molar-refractivity contribution in [2.24, 2.45) is 0 Å². The van der Waals surface area contributed by atoms with Crippen LogP contribution in [0.1, 0.15) is 140 Å². The molecule has 4 aliphatic rings. The molecule has 4 saturated carbocycles. The molecule has 0 saturated heterocycles. The van der Waals surface area contributed by atoms with Crippen LogP contribution in [0.15, 0.2) is 36.4 Å². The zero-order valence-corrected chi connectivity index (χ0v) is 34.8. The van der Waals surface area contributed by atoms with Gasteiger partial charge in [-0.2, -0.15) is 0 Å². The predicted octanol–water partition coefficient (Wildman–Crippen LogP) is 5.52. The quantitative estimate of drug-likeness (QED) is 0.195. The number of hydrogen-bond donors (Lipinski definition) is 0. The fourth-order valence-corrected chi connectivity index (χ4v) is 17.3. The summed E-state index contributed by atoms with van der Waals surface area (Å²) in [6, 6.07) is 15.1. The molecule has 0 unspecified atom stereocenters. The Balaban J connectivity index is 0.00000169. The van der Waals surface area contributed by atoms with Gasteiger partial charge in [0.25, 0.3) is 0 Å². The Kier molecular flexibility index (Phi) is 17.5. The SMILES string of the molecule is Cc1cccc(P(C2CCCCC2)C2CCCCC2)c1-c1c(C)cccc1P(C1CCCCC1)C1CCCCC1.[I-].[I-].[Ru+2]. The van der Waals surface area contributed by atoms with E-state index in [1.165, 1.54) is 128 Å². The third-order valence-corrected chi connectivity index (χ3v) is 18.3. The molecular weight excluding hydrogens is 873 g/mol. The Hall–Kier alpha value is 1.38. The molecule has 0 radical (unpaired) electrons. The van der Waals surface area contributed by atoms with Gasteiger partial charge < -0.3 is 48.0 Å². The van der Waals surface area contributed by atoms with Crippen molar-refractivity contribution in [1.29, 1.82) is 0 Å². The topological polar surface area (TPSA) is 0 Å². The molecule has 4 aliphatic carbocycles. The maximum absolute atomic E-state index is 2.65. The van der Waals surface area contributed by atoms with Crippen LogP contribution in [0.5, 0.6) is 0 Å². The molecule has 6 rings (SSSR count). The van der Waals surface area contributed by atoms with Crippen molar-refractivity contribution in [2.75, 3.05) is 0 Å². The summed E-state index contributed by atoms with van der Waals surface area (Å²) in [5.74, 6) is 0. The van der Waals surface area contributed by atoms with Crippen molar-refractivity contribution in [1.82, 2.24) is 0 Å². The first-order chi connectivity index (χ1) is 19.7. The van der Waals surface area contributed by atoms with Crippen LogP contribution in [0, 0.1) is 13.8 Å². The number of hydrogen-bond acceptors (Lipinski definition) is 0. The molecule has 0 nitrogen and oxygen atoms in total. The fraction of sp³-hybridized carbons (Fsp3) is 0.684. The van der Waals surface area contributed by atoms with Crippen LogP contribution in [0.3, 0.4) is 0 Å². The first-order valence-electron chi connectivity index (χ1n) is 17.5. The van der Waals surface area contributed by atoms with Crippen LogP contribution in [-0.4, -0.2) is 22.6 Å². The summed E-state index contributed by atoms with van der Waals surface area (Å²) in [5.41, 5.74) is 10.4. The van der Waals surface area contributed by atoms with Crippen molar-refractivity contribution >= 4 is 26.5 Å². The van der Waals surface area contributed by atoms with Gasteiger partial charge in [-0.25, -0.2) is 0 Å². The normalized spacial score (nSPS) is 21.2. The third-order valence-electron chi connectivity index (χ3n) is 11.2.